The summed E-state index contributed by atoms with van der Waals surface area (Å²) in [4.78, 5) is 4.30. The zero-order chi connectivity index (χ0) is 14.4. The Kier molecular flexibility index (Phi) is 4.56. The average molecular weight is 273 g/mol. The molecule has 0 N–H and O–H groups in total. The van der Waals surface area contributed by atoms with Gasteiger partial charge in [0.2, 0.25) is 11.7 Å². The standard InChI is InChI=1S/C14H15N3O3/c1-18-11-7-6-10(9-12(11)19-2)14-16-13(20-17-14)5-3-4-8-15/h6-7,9H,3-5H2,1-2H3. The van der Waals surface area contributed by atoms with Crippen LogP contribution in [-0.2, 0) is 6.42 Å². The lowest BCUT2D eigenvalue weighted by Gasteiger charge is -2.07. The Morgan fingerprint density at radius 2 is 2.05 bits per heavy atom. The van der Waals surface area contributed by atoms with E-state index in [-0.39, 0.29) is 0 Å². The molecule has 6 heteroatoms. The fraction of sp³-hybridized carbons (Fsp3) is 0.357. The Balaban J connectivity index is 2.17. The van der Waals surface area contributed by atoms with Crippen LogP contribution in [0.25, 0.3) is 11.4 Å². The van der Waals surface area contributed by atoms with Crippen molar-refractivity contribution in [3.63, 3.8) is 0 Å². The summed E-state index contributed by atoms with van der Waals surface area (Å²) in [5.74, 6) is 2.29. The molecule has 0 fully saturated rings. The van der Waals surface area contributed by atoms with Crippen LogP contribution in [0.3, 0.4) is 0 Å². The number of hydrogen-bond acceptors (Lipinski definition) is 6. The minimum atomic E-state index is 0.480. The molecule has 0 spiro atoms. The van der Waals surface area contributed by atoms with E-state index in [2.05, 4.69) is 16.2 Å². The van der Waals surface area contributed by atoms with Crippen molar-refractivity contribution >= 4 is 0 Å². The van der Waals surface area contributed by atoms with Crippen molar-refractivity contribution in [3.05, 3.63) is 24.1 Å². The van der Waals surface area contributed by atoms with Crippen LogP contribution in [0.1, 0.15) is 18.7 Å². The molecule has 0 atom stereocenters. The van der Waals surface area contributed by atoms with Crippen LogP contribution in [0.5, 0.6) is 11.5 Å². The van der Waals surface area contributed by atoms with Gasteiger partial charge in [-0.1, -0.05) is 5.16 Å². The van der Waals surface area contributed by atoms with Crippen molar-refractivity contribution in [2.75, 3.05) is 14.2 Å². The maximum atomic E-state index is 8.49. The molecule has 1 aromatic heterocycles. The predicted molar refractivity (Wildman–Crippen MR) is 71.4 cm³/mol. The van der Waals surface area contributed by atoms with Crippen LogP contribution in [-0.4, -0.2) is 24.4 Å². The summed E-state index contributed by atoms with van der Waals surface area (Å²) in [6.07, 6.45) is 1.80. The van der Waals surface area contributed by atoms with Gasteiger partial charge in [0.15, 0.2) is 11.5 Å². The number of ether oxygens (including phenoxy) is 2. The van der Waals surface area contributed by atoms with Gasteiger partial charge in [0.05, 0.1) is 20.3 Å². The quantitative estimate of drug-likeness (QED) is 0.752. The molecular weight excluding hydrogens is 258 g/mol. The van der Waals surface area contributed by atoms with E-state index in [4.69, 9.17) is 19.3 Å². The van der Waals surface area contributed by atoms with E-state index >= 15 is 0 Å². The second-order valence-corrected chi connectivity index (χ2v) is 4.09. The SMILES string of the molecule is COc1ccc(-c2noc(CCCC#N)n2)cc1OC. The molecule has 20 heavy (non-hydrogen) atoms. The third kappa shape index (κ3) is 3.06. The molecule has 2 rings (SSSR count). The molecule has 2 aromatic rings. The van der Waals surface area contributed by atoms with Crippen LogP contribution in [0.4, 0.5) is 0 Å². The highest BCUT2D eigenvalue weighted by atomic mass is 16.5. The summed E-state index contributed by atoms with van der Waals surface area (Å²) >= 11 is 0. The first kappa shape index (κ1) is 13.9. The van der Waals surface area contributed by atoms with Gasteiger partial charge in [-0.3, -0.25) is 0 Å². The Hall–Kier alpha value is -2.55. The number of unbranched alkanes of at least 4 members (excludes halogenated alkanes) is 1. The van der Waals surface area contributed by atoms with Gasteiger partial charge in [-0.2, -0.15) is 10.2 Å². The highest BCUT2D eigenvalue weighted by Crippen LogP contribution is 2.31. The van der Waals surface area contributed by atoms with Gasteiger partial charge in [-0.25, -0.2) is 0 Å². The van der Waals surface area contributed by atoms with E-state index in [0.717, 1.165) is 5.56 Å². The Labute approximate surface area is 116 Å². The molecule has 0 radical (unpaired) electrons. The number of nitriles is 1. The van der Waals surface area contributed by atoms with E-state index in [1.807, 2.05) is 6.07 Å². The van der Waals surface area contributed by atoms with Crippen LogP contribution in [0, 0.1) is 11.3 Å². The van der Waals surface area contributed by atoms with Crippen LogP contribution < -0.4 is 9.47 Å². The Bertz CT molecular complexity index is 616. The van der Waals surface area contributed by atoms with Gasteiger partial charge in [-0.15, -0.1) is 0 Å². The zero-order valence-corrected chi connectivity index (χ0v) is 11.4. The molecule has 0 amide bonds. The first-order valence-electron chi connectivity index (χ1n) is 6.20. The zero-order valence-electron chi connectivity index (χ0n) is 11.4. The summed E-state index contributed by atoms with van der Waals surface area (Å²) < 4.78 is 15.6. The lowest BCUT2D eigenvalue weighted by molar-refractivity contribution is 0.355. The first-order chi connectivity index (χ1) is 9.78. The largest absolute Gasteiger partial charge is 0.493 e. The maximum absolute atomic E-state index is 8.49. The Morgan fingerprint density at radius 1 is 1.25 bits per heavy atom. The molecular formula is C14H15N3O3. The molecule has 0 aliphatic carbocycles. The number of benzene rings is 1. The van der Waals surface area contributed by atoms with Crippen molar-refractivity contribution < 1.29 is 14.0 Å². The number of nitrogens with zero attached hydrogens (tertiary/aromatic N) is 3. The van der Waals surface area contributed by atoms with E-state index < -0.39 is 0 Å². The minimum absolute atomic E-state index is 0.480. The summed E-state index contributed by atoms with van der Waals surface area (Å²) in [6, 6.07) is 7.51. The molecule has 0 saturated carbocycles. The molecule has 0 aliphatic heterocycles. The molecule has 1 heterocycles. The van der Waals surface area contributed by atoms with Crippen molar-refractivity contribution in [2.45, 2.75) is 19.3 Å². The summed E-state index contributed by atoms with van der Waals surface area (Å²) in [5.41, 5.74) is 0.790. The number of rotatable bonds is 6. The maximum Gasteiger partial charge on any atom is 0.226 e. The molecule has 104 valence electrons. The van der Waals surface area contributed by atoms with Crippen molar-refractivity contribution in [2.24, 2.45) is 0 Å². The fourth-order valence-corrected chi connectivity index (χ4v) is 1.77. The van der Waals surface area contributed by atoms with Gasteiger partial charge < -0.3 is 14.0 Å². The fourth-order valence-electron chi connectivity index (χ4n) is 1.77. The average Bonchev–Trinajstić information content (AvgIpc) is 2.95. The number of aryl methyl sites for hydroxylation is 1. The van der Waals surface area contributed by atoms with E-state index in [0.29, 0.717) is 42.5 Å². The van der Waals surface area contributed by atoms with Gasteiger partial charge >= 0.3 is 0 Å². The molecule has 6 nitrogen and oxygen atoms in total. The first-order valence-corrected chi connectivity index (χ1v) is 6.20. The van der Waals surface area contributed by atoms with Gasteiger partial charge in [0, 0.05) is 18.4 Å². The topological polar surface area (TPSA) is 81.2 Å². The summed E-state index contributed by atoms with van der Waals surface area (Å²) in [6.45, 7) is 0. The summed E-state index contributed by atoms with van der Waals surface area (Å²) in [7, 11) is 3.16. The highest BCUT2D eigenvalue weighted by Gasteiger charge is 2.11. The third-order valence-electron chi connectivity index (χ3n) is 2.79. The lowest BCUT2D eigenvalue weighted by Crippen LogP contribution is -1.91. The van der Waals surface area contributed by atoms with Crippen LogP contribution >= 0.6 is 0 Å². The molecule has 1 aromatic carbocycles. The van der Waals surface area contributed by atoms with Gasteiger partial charge in [0.1, 0.15) is 0 Å². The van der Waals surface area contributed by atoms with Gasteiger partial charge in [0.25, 0.3) is 0 Å². The minimum Gasteiger partial charge on any atom is -0.493 e. The molecule has 0 aliphatic rings. The van der Waals surface area contributed by atoms with E-state index in [1.165, 1.54) is 0 Å². The van der Waals surface area contributed by atoms with Crippen molar-refractivity contribution in [1.29, 1.82) is 5.26 Å². The van der Waals surface area contributed by atoms with Crippen LogP contribution in [0.15, 0.2) is 22.7 Å². The Morgan fingerprint density at radius 3 is 2.75 bits per heavy atom. The van der Waals surface area contributed by atoms with Crippen LogP contribution in [0.2, 0.25) is 0 Å². The van der Waals surface area contributed by atoms with Crippen molar-refractivity contribution in [1.82, 2.24) is 10.1 Å². The molecule has 0 saturated heterocycles. The third-order valence-corrected chi connectivity index (χ3v) is 2.79. The lowest BCUT2D eigenvalue weighted by atomic mass is 10.2. The monoisotopic (exact) mass is 273 g/mol. The molecule has 0 unspecified atom stereocenters. The smallest absolute Gasteiger partial charge is 0.226 e. The second-order valence-electron chi connectivity index (χ2n) is 4.09. The molecule has 0 bridgehead atoms. The highest BCUT2D eigenvalue weighted by molar-refractivity contribution is 5.60. The van der Waals surface area contributed by atoms with E-state index in [9.17, 15) is 0 Å². The number of methoxy groups -OCH3 is 2. The summed E-state index contributed by atoms with van der Waals surface area (Å²) in [5, 5.41) is 12.4. The van der Waals surface area contributed by atoms with E-state index in [1.54, 1.807) is 26.4 Å². The predicted octanol–water partition coefficient (Wildman–Crippen LogP) is 2.60. The normalized spacial score (nSPS) is 10.1. The van der Waals surface area contributed by atoms with Crippen molar-refractivity contribution in [3.8, 4) is 29.0 Å². The second kappa shape index (κ2) is 6.57. The number of hydrogen-bond donors (Lipinski definition) is 0. The van der Waals surface area contributed by atoms with Gasteiger partial charge in [-0.05, 0) is 24.6 Å². The number of aromatic nitrogens is 2.